The number of para-hydroxylation sites is 3. The van der Waals surface area contributed by atoms with E-state index in [0.29, 0.717) is 0 Å². The Hall–Kier alpha value is -7.36. The summed E-state index contributed by atoms with van der Waals surface area (Å²) in [6.07, 6.45) is 0. The van der Waals surface area contributed by atoms with Gasteiger partial charge in [-0.3, -0.25) is 0 Å². The Morgan fingerprint density at radius 1 is 0.345 bits per heavy atom. The summed E-state index contributed by atoms with van der Waals surface area (Å²) in [6.45, 7) is 0. The van der Waals surface area contributed by atoms with E-state index in [4.69, 9.17) is 4.42 Å². The first-order valence-corrected chi connectivity index (χ1v) is 18.8. The Morgan fingerprint density at radius 3 is 1.71 bits per heavy atom. The Bertz CT molecular complexity index is 3180. The maximum atomic E-state index is 6.65. The zero-order valence-electron chi connectivity index (χ0n) is 29.9. The molecule has 0 spiro atoms. The van der Waals surface area contributed by atoms with Crippen molar-refractivity contribution in [2.75, 3.05) is 4.90 Å². The lowest BCUT2D eigenvalue weighted by Crippen LogP contribution is -2.10. The van der Waals surface area contributed by atoms with Crippen molar-refractivity contribution in [3.63, 3.8) is 0 Å². The van der Waals surface area contributed by atoms with E-state index < -0.39 is 0 Å². The summed E-state index contributed by atoms with van der Waals surface area (Å²) in [5.41, 5.74) is 13.3. The highest BCUT2D eigenvalue weighted by Crippen LogP contribution is 2.43. The molecule has 258 valence electrons. The van der Waals surface area contributed by atoms with Crippen molar-refractivity contribution in [1.29, 1.82) is 0 Å². The third kappa shape index (κ3) is 5.13. The van der Waals surface area contributed by atoms with Crippen molar-refractivity contribution in [1.82, 2.24) is 4.57 Å². The minimum Gasteiger partial charge on any atom is -0.455 e. The first-order chi connectivity index (χ1) is 27.3. The van der Waals surface area contributed by atoms with Crippen LogP contribution >= 0.6 is 0 Å². The van der Waals surface area contributed by atoms with Gasteiger partial charge in [0.15, 0.2) is 0 Å². The van der Waals surface area contributed by atoms with Crippen molar-refractivity contribution < 1.29 is 4.42 Å². The van der Waals surface area contributed by atoms with Gasteiger partial charge in [0.2, 0.25) is 0 Å². The van der Waals surface area contributed by atoms with Gasteiger partial charge in [-0.1, -0.05) is 133 Å². The smallest absolute Gasteiger partial charge is 0.143 e. The highest BCUT2D eigenvalue weighted by atomic mass is 16.3. The predicted molar refractivity (Wildman–Crippen MR) is 231 cm³/mol. The second-order valence-electron chi connectivity index (χ2n) is 14.1. The van der Waals surface area contributed by atoms with Crippen LogP contribution in [0.15, 0.2) is 211 Å². The van der Waals surface area contributed by atoms with E-state index in [2.05, 4.69) is 210 Å². The molecule has 0 atom stereocenters. The van der Waals surface area contributed by atoms with Crippen molar-refractivity contribution in [3.8, 4) is 27.9 Å². The number of anilines is 3. The van der Waals surface area contributed by atoms with Gasteiger partial charge < -0.3 is 13.9 Å². The van der Waals surface area contributed by atoms with Crippen LogP contribution in [0, 0.1) is 0 Å². The maximum absolute atomic E-state index is 6.65. The number of nitrogens with zero attached hydrogens (tertiary/aromatic N) is 2. The molecule has 3 heteroatoms. The van der Waals surface area contributed by atoms with Crippen LogP contribution < -0.4 is 4.90 Å². The van der Waals surface area contributed by atoms with Gasteiger partial charge in [0.1, 0.15) is 11.2 Å². The second kappa shape index (κ2) is 12.6. The molecule has 9 aromatic carbocycles. The summed E-state index contributed by atoms with van der Waals surface area (Å²) in [5.74, 6) is 0. The number of fused-ring (bicyclic) bond motifs is 8. The number of aromatic nitrogens is 1. The molecule has 0 unspecified atom stereocenters. The lowest BCUT2D eigenvalue weighted by molar-refractivity contribution is 0.673. The topological polar surface area (TPSA) is 21.3 Å². The summed E-state index contributed by atoms with van der Waals surface area (Å²) in [4.78, 5) is 2.35. The molecule has 2 aromatic heterocycles. The van der Waals surface area contributed by atoms with E-state index in [1.807, 2.05) is 6.07 Å². The first kappa shape index (κ1) is 31.2. The minimum atomic E-state index is 0.899. The average Bonchev–Trinajstić information content (AvgIpc) is 3.80. The monoisotopic (exact) mass is 702 g/mol. The molecular formula is C52H34N2O. The molecule has 2 heterocycles. The SMILES string of the molecule is c1ccc(-c2ccc3c(c2)oc2c4ccccc4c(-c4ccc(N(c5ccccc5)c5ccc6c7ccccc7n(-c7ccccc7)c6c5)cc4)cc32)cc1. The highest BCUT2D eigenvalue weighted by Gasteiger charge is 2.19. The van der Waals surface area contributed by atoms with E-state index in [9.17, 15) is 0 Å². The lowest BCUT2D eigenvalue weighted by Gasteiger charge is -2.26. The molecule has 0 fully saturated rings. The van der Waals surface area contributed by atoms with Crippen molar-refractivity contribution in [3.05, 3.63) is 206 Å². The van der Waals surface area contributed by atoms with E-state index in [-0.39, 0.29) is 0 Å². The van der Waals surface area contributed by atoms with Crippen LogP contribution in [0.4, 0.5) is 17.1 Å². The highest BCUT2D eigenvalue weighted by molar-refractivity contribution is 6.19. The molecule has 0 aliphatic carbocycles. The molecule has 3 nitrogen and oxygen atoms in total. The largest absolute Gasteiger partial charge is 0.455 e. The van der Waals surface area contributed by atoms with Gasteiger partial charge in [-0.25, -0.2) is 0 Å². The van der Waals surface area contributed by atoms with Crippen LogP contribution in [0.5, 0.6) is 0 Å². The molecule has 55 heavy (non-hydrogen) atoms. The van der Waals surface area contributed by atoms with Crippen LogP contribution in [0.1, 0.15) is 0 Å². The number of hydrogen-bond donors (Lipinski definition) is 0. The third-order valence-electron chi connectivity index (χ3n) is 11.0. The lowest BCUT2D eigenvalue weighted by atomic mass is 9.95. The number of hydrogen-bond acceptors (Lipinski definition) is 2. The van der Waals surface area contributed by atoms with E-state index >= 15 is 0 Å². The maximum Gasteiger partial charge on any atom is 0.143 e. The zero-order chi connectivity index (χ0) is 36.3. The predicted octanol–water partition coefficient (Wildman–Crippen LogP) is 14.6. The molecular weight excluding hydrogens is 669 g/mol. The second-order valence-corrected chi connectivity index (χ2v) is 14.1. The summed E-state index contributed by atoms with van der Waals surface area (Å²) < 4.78 is 9.02. The first-order valence-electron chi connectivity index (χ1n) is 18.8. The molecule has 0 saturated carbocycles. The van der Waals surface area contributed by atoms with Gasteiger partial charge in [-0.05, 0) is 100 Å². The Morgan fingerprint density at radius 2 is 0.927 bits per heavy atom. The van der Waals surface area contributed by atoms with Crippen LogP contribution in [-0.4, -0.2) is 4.57 Å². The number of benzene rings is 9. The molecule has 0 aliphatic rings. The van der Waals surface area contributed by atoms with E-state index in [1.165, 1.54) is 38.3 Å². The van der Waals surface area contributed by atoms with Crippen LogP contribution in [-0.2, 0) is 0 Å². The molecule has 11 aromatic rings. The van der Waals surface area contributed by atoms with Crippen molar-refractivity contribution >= 4 is 71.6 Å². The van der Waals surface area contributed by atoms with Gasteiger partial charge in [-0.2, -0.15) is 0 Å². The van der Waals surface area contributed by atoms with Gasteiger partial charge in [0.05, 0.1) is 11.0 Å². The summed E-state index contributed by atoms with van der Waals surface area (Å²) in [5, 5.41) is 7.01. The number of furan rings is 1. The molecule has 0 aliphatic heterocycles. The van der Waals surface area contributed by atoms with Crippen LogP contribution in [0.25, 0.3) is 82.5 Å². The van der Waals surface area contributed by atoms with Gasteiger partial charge >= 0.3 is 0 Å². The molecule has 0 radical (unpaired) electrons. The van der Waals surface area contributed by atoms with Gasteiger partial charge in [-0.15, -0.1) is 0 Å². The summed E-state index contributed by atoms with van der Waals surface area (Å²) in [7, 11) is 0. The van der Waals surface area contributed by atoms with E-state index in [1.54, 1.807) is 0 Å². The minimum absolute atomic E-state index is 0.899. The summed E-state index contributed by atoms with van der Waals surface area (Å²) in [6, 6.07) is 73.8. The molecule has 11 rings (SSSR count). The molecule has 0 N–H and O–H groups in total. The van der Waals surface area contributed by atoms with Gasteiger partial charge in [0, 0.05) is 49.7 Å². The fourth-order valence-corrected chi connectivity index (χ4v) is 8.41. The zero-order valence-corrected chi connectivity index (χ0v) is 29.9. The standard InChI is InChI=1S/C52H34N2O/c1-4-14-35(15-5-1)37-26-30-45-48-34-47(42-20-10-11-22-46(42)52(48)55-51(45)32-37)36-24-27-40(28-25-36)53(38-16-6-2-7-17-38)41-29-31-44-43-21-12-13-23-49(43)54(50(44)33-41)39-18-8-3-9-19-39/h1-34H. The Labute approximate surface area is 318 Å². The van der Waals surface area contributed by atoms with Gasteiger partial charge in [0.25, 0.3) is 0 Å². The average molecular weight is 703 g/mol. The quantitative estimate of drug-likeness (QED) is 0.172. The van der Waals surface area contributed by atoms with E-state index in [0.717, 1.165) is 61.2 Å². The van der Waals surface area contributed by atoms with Crippen molar-refractivity contribution in [2.24, 2.45) is 0 Å². The van der Waals surface area contributed by atoms with Crippen molar-refractivity contribution in [2.45, 2.75) is 0 Å². The molecule has 0 bridgehead atoms. The van der Waals surface area contributed by atoms with Crippen LogP contribution in [0.3, 0.4) is 0 Å². The summed E-state index contributed by atoms with van der Waals surface area (Å²) >= 11 is 0. The molecule has 0 saturated heterocycles. The molecule has 0 amide bonds. The Kier molecular flexibility index (Phi) is 7.17. The Balaban J connectivity index is 1.05. The number of rotatable bonds is 6. The normalized spacial score (nSPS) is 11.6. The third-order valence-corrected chi connectivity index (χ3v) is 11.0. The fourth-order valence-electron chi connectivity index (χ4n) is 8.41. The van der Waals surface area contributed by atoms with Crippen LogP contribution in [0.2, 0.25) is 0 Å². The fraction of sp³-hybridized carbons (Fsp3) is 0.